The van der Waals surface area contributed by atoms with Crippen LogP contribution in [0.3, 0.4) is 0 Å². The summed E-state index contributed by atoms with van der Waals surface area (Å²) in [6, 6.07) is 7.64. The van der Waals surface area contributed by atoms with Crippen LogP contribution in [-0.2, 0) is 0 Å². The van der Waals surface area contributed by atoms with E-state index in [0.29, 0.717) is 23.2 Å². The summed E-state index contributed by atoms with van der Waals surface area (Å²) in [5.74, 6) is -0.0534. The average Bonchev–Trinajstić information content (AvgIpc) is 2.78. The fourth-order valence-electron chi connectivity index (χ4n) is 3.80. The van der Waals surface area contributed by atoms with Gasteiger partial charge >= 0.3 is 0 Å². The van der Waals surface area contributed by atoms with Crippen molar-refractivity contribution in [2.75, 3.05) is 14.1 Å². The molecule has 6 heteroatoms. The maximum Gasteiger partial charge on any atom is 0.251 e. The van der Waals surface area contributed by atoms with Gasteiger partial charge in [-0.25, -0.2) is 0 Å². The van der Waals surface area contributed by atoms with Gasteiger partial charge in [-0.15, -0.1) is 0 Å². The third-order valence-electron chi connectivity index (χ3n) is 5.29. The minimum atomic E-state index is -0.0267. The molecule has 3 rings (SSSR count). The molecule has 6 nitrogen and oxygen atoms in total. The minimum Gasteiger partial charge on any atom is -0.349 e. The van der Waals surface area contributed by atoms with Gasteiger partial charge in [0.05, 0.1) is 0 Å². The Morgan fingerprint density at radius 1 is 0.643 bits per heavy atom. The standard InChI is InChI=1S/C20H28N2O2.2CH5N/c23-19(21-17-7-3-1-4-8-17)15-11-13-16(14-12-15)20(24)22-18-9-5-2-6-10-18;2*1-2/h11-14,17-18H,1-10H2,(H,21,23)(H,22,24);2*2H2,1H3. The van der Waals surface area contributed by atoms with Gasteiger partial charge in [0.2, 0.25) is 0 Å². The lowest BCUT2D eigenvalue weighted by molar-refractivity contribution is 0.0915. The molecule has 2 saturated carbocycles. The second-order valence-corrected chi connectivity index (χ2v) is 7.19. The first-order chi connectivity index (χ1) is 13.7. The highest BCUT2D eigenvalue weighted by atomic mass is 16.2. The zero-order valence-corrected chi connectivity index (χ0v) is 17.5. The Hall–Kier alpha value is -1.92. The Morgan fingerprint density at radius 2 is 0.929 bits per heavy atom. The largest absolute Gasteiger partial charge is 0.349 e. The summed E-state index contributed by atoms with van der Waals surface area (Å²) in [7, 11) is 3.00. The van der Waals surface area contributed by atoms with Gasteiger partial charge in [-0.05, 0) is 64.0 Å². The molecule has 0 bridgehead atoms. The van der Waals surface area contributed by atoms with Crippen LogP contribution in [0.4, 0.5) is 0 Å². The van der Waals surface area contributed by atoms with Crippen LogP contribution in [0.5, 0.6) is 0 Å². The molecule has 0 aliphatic heterocycles. The molecule has 0 radical (unpaired) electrons. The molecule has 0 spiro atoms. The zero-order chi connectivity index (χ0) is 20.8. The maximum absolute atomic E-state index is 12.3. The van der Waals surface area contributed by atoms with Crippen molar-refractivity contribution < 1.29 is 9.59 Å². The SMILES string of the molecule is CN.CN.O=C(NC1CCCCC1)c1ccc(C(=O)NC2CCCCC2)cc1. The Bertz CT molecular complexity index is 511. The van der Waals surface area contributed by atoms with Gasteiger partial charge in [0.25, 0.3) is 11.8 Å². The van der Waals surface area contributed by atoms with Gasteiger partial charge in [0.15, 0.2) is 0 Å². The summed E-state index contributed by atoms with van der Waals surface area (Å²) in [4.78, 5) is 24.6. The summed E-state index contributed by atoms with van der Waals surface area (Å²) in [6.07, 6.45) is 11.7. The Balaban J connectivity index is 0.000000921. The molecular weight excluding hydrogens is 352 g/mol. The summed E-state index contributed by atoms with van der Waals surface area (Å²) < 4.78 is 0. The summed E-state index contributed by atoms with van der Waals surface area (Å²) in [6.45, 7) is 0. The number of hydrogen-bond donors (Lipinski definition) is 4. The number of benzene rings is 1. The van der Waals surface area contributed by atoms with Crippen LogP contribution in [-0.4, -0.2) is 38.0 Å². The van der Waals surface area contributed by atoms with Gasteiger partial charge in [0, 0.05) is 23.2 Å². The smallest absolute Gasteiger partial charge is 0.251 e. The van der Waals surface area contributed by atoms with E-state index in [-0.39, 0.29) is 11.8 Å². The van der Waals surface area contributed by atoms with Gasteiger partial charge < -0.3 is 22.1 Å². The van der Waals surface area contributed by atoms with E-state index in [1.807, 2.05) is 0 Å². The van der Waals surface area contributed by atoms with Crippen molar-refractivity contribution in [2.24, 2.45) is 11.5 Å². The summed E-state index contributed by atoms with van der Waals surface area (Å²) in [5, 5.41) is 6.22. The maximum atomic E-state index is 12.3. The van der Waals surface area contributed by atoms with E-state index >= 15 is 0 Å². The van der Waals surface area contributed by atoms with E-state index in [9.17, 15) is 9.59 Å². The van der Waals surface area contributed by atoms with Crippen LogP contribution in [0.25, 0.3) is 0 Å². The van der Waals surface area contributed by atoms with E-state index in [0.717, 1.165) is 25.7 Å². The van der Waals surface area contributed by atoms with Gasteiger partial charge in [-0.1, -0.05) is 38.5 Å². The lowest BCUT2D eigenvalue weighted by Crippen LogP contribution is -2.37. The molecule has 0 unspecified atom stereocenters. The lowest BCUT2D eigenvalue weighted by Gasteiger charge is -2.23. The van der Waals surface area contributed by atoms with Crippen molar-refractivity contribution in [1.82, 2.24) is 10.6 Å². The van der Waals surface area contributed by atoms with E-state index in [2.05, 4.69) is 22.1 Å². The first-order valence-electron chi connectivity index (χ1n) is 10.6. The third-order valence-corrected chi connectivity index (χ3v) is 5.29. The van der Waals surface area contributed by atoms with E-state index < -0.39 is 0 Å². The van der Waals surface area contributed by atoms with Crippen LogP contribution in [0.15, 0.2) is 24.3 Å². The number of carbonyl (C=O) groups is 2. The predicted molar refractivity (Wildman–Crippen MR) is 115 cm³/mol. The van der Waals surface area contributed by atoms with Crippen LogP contribution >= 0.6 is 0 Å². The van der Waals surface area contributed by atoms with Crippen molar-refractivity contribution in [3.8, 4) is 0 Å². The molecule has 1 aromatic rings. The van der Waals surface area contributed by atoms with Crippen molar-refractivity contribution in [2.45, 2.75) is 76.3 Å². The molecule has 0 atom stereocenters. The molecule has 0 saturated heterocycles. The molecule has 6 N–H and O–H groups in total. The number of hydrogen-bond acceptors (Lipinski definition) is 4. The molecule has 2 aliphatic carbocycles. The van der Waals surface area contributed by atoms with Gasteiger partial charge in [-0.3, -0.25) is 9.59 Å². The number of nitrogens with two attached hydrogens (primary N) is 2. The first kappa shape index (κ1) is 24.1. The minimum absolute atomic E-state index is 0.0267. The van der Waals surface area contributed by atoms with E-state index in [1.54, 1.807) is 24.3 Å². The van der Waals surface area contributed by atoms with Crippen LogP contribution in [0, 0.1) is 0 Å². The number of carbonyl (C=O) groups excluding carboxylic acids is 2. The fraction of sp³-hybridized carbons (Fsp3) is 0.636. The molecule has 158 valence electrons. The zero-order valence-electron chi connectivity index (χ0n) is 17.5. The fourth-order valence-corrected chi connectivity index (χ4v) is 3.80. The monoisotopic (exact) mass is 390 g/mol. The molecule has 2 amide bonds. The molecule has 0 aromatic heterocycles. The normalized spacial score (nSPS) is 17.3. The molecule has 0 heterocycles. The topological polar surface area (TPSA) is 110 Å². The molecule has 2 aliphatic rings. The first-order valence-corrected chi connectivity index (χ1v) is 10.6. The number of nitrogens with one attached hydrogen (secondary N) is 2. The van der Waals surface area contributed by atoms with Crippen LogP contribution in [0.2, 0.25) is 0 Å². The van der Waals surface area contributed by atoms with Crippen molar-refractivity contribution >= 4 is 11.8 Å². The predicted octanol–water partition coefficient (Wildman–Crippen LogP) is 2.96. The van der Waals surface area contributed by atoms with Crippen LogP contribution in [0.1, 0.15) is 84.9 Å². The van der Waals surface area contributed by atoms with Crippen molar-refractivity contribution in [1.29, 1.82) is 0 Å². The van der Waals surface area contributed by atoms with Crippen molar-refractivity contribution in [3.05, 3.63) is 35.4 Å². The highest BCUT2D eigenvalue weighted by Crippen LogP contribution is 2.19. The Morgan fingerprint density at radius 3 is 1.21 bits per heavy atom. The molecule has 2 fully saturated rings. The Kier molecular flexibility index (Phi) is 12.2. The third kappa shape index (κ3) is 7.98. The second-order valence-electron chi connectivity index (χ2n) is 7.19. The van der Waals surface area contributed by atoms with E-state index in [1.165, 1.54) is 52.6 Å². The molecular formula is C22H38N4O2. The molecule has 28 heavy (non-hydrogen) atoms. The summed E-state index contributed by atoms with van der Waals surface area (Å²) >= 11 is 0. The van der Waals surface area contributed by atoms with Gasteiger partial charge in [0.1, 0.15) is 0 Å². The molecule has 1 aromatic carbocycles. The second kappa shape index (κ2) is 14.1. The quantitative estimate of drug-likeness (QED) is 0.633. The van der Waals surface area contributed by atoms with E-state index in [4.69, 9.17) is 0 Å². The van der Waals surface area contributed by atoms with Gasteiger partial charge in [-0.2, -0.15) is 0 Å². The number of rotatable bonds is 4. The number of amides is 2. The highest BCUT2D eigenvalue weighted by Gasteiger charge is 2.18. The van der Waals surface area contributed by atoms with Crippen LogP contribution < -0.4 is 22.1 Å². The lowest BCUT2D eigenvalue weighted by atomic mass is 9.95. The Labute approximate surface area is 169 Å². The highest BCUT2D eigenvalue weighted by molar-refractivity contribution is 5.98. The van der Waals surface area contributed by atoms with Crippen molar-refractivity contribution in [3.63, 3.8) is 0 Å². The average molecular weight is 391 g/mol. The summed E-state index contributed by atoms with van der Waals surface area (Å²) in [5.41, 5.74) is 10.3.